The molecule has 1 amide bonds. The lowest BCUT2D eigenvalue weighted by Gasteiger charge is -2.34. The van der Waals surface area contributed by atoms with Gasteiger partial charge in [-0.25, -0.2) is 0 Å². The van der Waals surface area contributed by atoms with Crippen molar-refractivity contribution in [2.75, 3.05) is 26.2 Å². The van der Waals surface area contributed by atoms with Gasteiger partial charge in [0.05, 0.1) is 19.0 Å². The van der Waals surface area contributed by atoms with Gasteiger partial charge in [0.25, 0.3) is 0 Å². The molecule has 1 unspecified atom stereocenters. The van der Waals surface area contributed by atoms with Gasteiger partial charge < -0.3 is 15.2 Å². The molecule has 7 nitrogen and oxygen atoms in total. The molecule has 1 aromatic heterocycles. The van der Waals surface area contributed by atoms with Crippen molar-refractivity contribution in [1.29, 1.82) is 0 Å². The van der Waals surface area contributed by atoms with Crippen LogP contribution in [0.15, 0.2) is 4.52 Å². The zero-order chi connectivity index (χ0) is 18.4. The van der Waals surface area contributed by atoms with Crippen molar-refractivity contribution >= 4 is 5.91 Å². The normalized spacial score (nSPS) is 19.2. The number of likely N-dealkylation sites (tertiary alicyclic amines) is 1. The molecule has 0 spiro atoms. The van der Waals surface area contributed by atoms with Gasteiger partial charge >= 0.3 is 6.18 Å². The summed E-state index contributed by atoms with van der Waals surface area (Å²) in [5.74, 6) is -0.0728. The van der Waals surface area contributed by atoms with E-state index in [0.29, 0.717) is 37.6 Å². The molecule has 0 aliphatic carbocycles. The number of halogens is 3. The highest BCUT2D eigenvalue weighted by Gasteiger charge is 2.36. The Balaban J connectivity index is 1.96. The van der Waals surface area contributed by atoms with Crippen molar-refractivity contribution in [2.24, 2.45) is 11.7 Å². The predicted octanol–water partition coefficient (Wildman–Crippen LogP) is 1.54. The van der Waals surface area contributed by atoms with Crippen LogP contribution in [0.25, 0.3) is 0 Å². The first-order chi connectivity index (χ1) is 11.8. The third-order valence-electron chi connectivity index (χ3n) is 4.08. The van der Waals surface area contributed by atoms with Gasteiger partial charge in [0.2, 0.25) is 11.8 Å². The van der Waals surface area contributed by atoms with Crippen LogP contribution >= 0.6 is 0 Å². The fourth-order valence-electron chi connectivity index (χ4n) is 3.05. The first kappa shape index (κ1) is 19.6. The average molecular weight is 363 g/mol. The number of rotatable bonds is 7. The summed E-state index contributed by atoms with van der Waals surface area (Å²) in [5.41, 5.74) is 5.42. The molecule has 1 atom stereocenters. The Morgan fingerprint density at radius 2 is 2.24 bits per heavy atom. The van der Waals surface area contributed by atoms with Gasteiger partial charge in [0, 0.05) is 13.1 Å². The van der Waals surface area contributed by atoms with Crippen molar-refractivity contribution in [3.05, 3.63) is 11.7 Å². The highest BCUT2D eigenvalue weighted by atomic mass is 19.4. The van der Waals surface area contributed by atoms with Crippen molar-refractivity contribution in [2.45, 2.75) is 45.5 Å². The Hall–Kier alpha value is -1.68. The van der Waals surface area contributed by atoms with E-state index in [9.17, 15) is 18.0 Å². The number of carbonyl (C=O) groups is 1. The Labute approximate surface area is 144 Å². The van der Waals surface area contributed by atoms with Gasteiger partial charge in [-0.05, 0) is 25.8 Å². The number of piperidine rings is 1. The maximum absolute atomic E-state index is 12.7. The summed E-state index contributed by atoms with van der Waals surface area (Å²) < 4.78 is 43.1. The van der Waals surface area contributed by atoms with Crippen LogP contribution in [0.2, 0.25) is 0 Å². The zero-order valence-electron chi connectivity index (χ0n) is 14.3. The second-order valence-corrected chi connectivity index (χ2v) is 6.26. The lowest BCUT2D eigenvalue weighted by molar-refractivity contribution is -0.164. The van der Waals surface area contributed by atoms with E-state index in [2.05, 4.69) is 10.1 Å². The molecule has 1 aliphatic heterocycles. The van der Waals surface area contributed by atoms with Crippen molar-refractivity contribution in [1.82, 2.24) is 19.9 Å². The molecule has 0 saturated carbocycles. The summed E-state index contributed by atoms with van der Waals surface area (Å²) in [6, 6.07) is 0. The van der Waals surface area contributed by atoms with Crippen LogP contribution in [0.5, 0.6) is 0 Å². The van der Waals surface area contributed by atoms with Gasteiger partial charge in [-0.2, -0.15) is 18.2 Å². The largest absolute Gasteiger partial charge is 0.406 e. The maximum Gasteiger partial charge on any atom is 0.406 e. The van der Waals surface area contributed by atoms with Crippen LogP contribution in [-0.4, -0.2) is 58.2 Å². The summed E-state index contributed by atoms with van der Waals surface area (Å²) in [7, 11) is 0. The quantitative estimate of drug-likeness (QED) is 0.791. The number of hydrogen-bond donors (Lipinski definition) is 1. The van der Waals surface area contributed by atoms with Gasteiger partial charge in [0.15, 0.2) is 5.82 Å². The third kappa shape index (κ3) is 5.96. The smallest absolute Gasteiger partial charge is 0.338 e. The van der Waals surface area contributed by atoms with Gasteiger partial charge in [-0.15, -0.1) is 0 Å². The first-order valence-corrected chi connectivity index (χ1v) is 8.41. The van der Waals surface area contributed by atoms with Gasteiger partial charge in [-0.1, -0.05) is 12.1 Å². The highest BCUT2D eigenvalue weighted by Crippen LogP contribution is 2.23. The molecule has 0 bridgehead atoms. The fraction of sp³-hybridized carbons (Fsp3) is 0.800. The topological polar surface area (TPSA) is 88.5 Å². The van der Waals surface area contributed by atoms with Crippen LogP contribution in [0, 0.1) is 5.92 Å². The number of amides is 1. The van der Waals surface area contributed by atoms with Crippen LogP contribution in [0.1, 0.15) is 37.9 Å². The summed E-state index contributed by atoms with van der Waals surface area (Å²) >= 11 is 0. The van der Waals surface area contributed by atoms with E-state index in [4.69, 9.17) is 10.3 Å². The molecule has 0 radical (unpaired) electrons. The van der Waals surface area contributed by atoms with E-state index >= 15 is 0 Å². The van der Waals surface area contributed by atoms with E-state index < -0.39 is 24.5 Å². The Bertz CT molecular complexity index is 564. The number of nitrogens with zero attached hydrogens (tertiary/aromatic N) is 4. The molecule has 0 aromatic carbocycles. The van der Waals surface area contributed by atoms with Crippen molar-refractivity contribution in [3.63, 3.8) is 0 Å². The summed E-state index contributed by atoms with van der Waals surface area (Å²) in [6.07, 6.45) is -2.57. The summed E-state index contributed by atoms with van der Waals surface area (Å²) in [5, 5.41) is 3.81. The SMILES string of the molecule is CCCN(CC(F)(F)F)C(=O)C1CCCN(Cc2noc(CN)n2)C1. The molecule has 2 N–H and O–H groups in total. The van der Waals surface area contributed by atoms with E-state index in [1.54, 1.807) is 6.92 Å². The molecular formula is C15H24F3N5O2. The number of aromatic nitrogens is 2. The highest BCUT2D eigenvalue weighted by molar-refractivity contribution is 5.79. The zero-order valence-corrected chi connectivity index (χ0v) is 14.3. The molecule has 2 heterocycles. The number of nitrogens with two attached hydrogens (primary N) is 1. The maximum atomic E-state index is 12.7. The molecule has 1 aromatic rings. The minimum atomic E-state index is -4.39. The minimum absolute atomic E-state index is 0.111. The molecule has 1 aliphatic rings. The predicted molar refractivity (Wildman–Crippen MR) is 83.1 cm³/mol. The van der Waals surface area contributed by atoms with E-state index in [-0.39, 0.29) is 13.1 Å². The summed E-state index contributed by atoms with van der Waals surface area (Å²) in [4.78, 5) is 19.6. The van der Waals surface area contributed by atoms with Crippen LogP contribution in [0.3, 0.4) is 0 Å². The van der Waals surface area contributed by atoms with E-state index in [0.717, 1.165) is 17.9 Å². The second kappa shape index (κ2) is 8.61. The Morgan fingerprint density at radius 3 is 2.84 bits per heavy atom. The Morgan fingerprint density at radius 1 is 1.48 bits per heavy atom. The van der Waals surface area contributed by atoms with E-state index in [1.165, 1.54) is 0 Å². The molecule has 2 rings (SSSR count). The van der Waals surface area contributed by atoms with Crippen LogP contribution < -0.4 is 5.73 Å². The van der Waals surface area contributed by atoms with Gasteiger partial charge in [-0.3, -0.25) is 9.69 Å². The van der Waals surface area contributed by atoms with Crippen LogP contribution in [-0.2, 0) is 17.9 Å². The third-order valence-corrected chi connectivity index (χ3v) is 4.08. The van der Waals surface area contributed by atoms with E-state index in [1.807, 2.05) is 4.90 Å². The van der Waals surface area contributed by atoms with Crippen LogP contribution in [0.4, 0.5) is 13.2 Å². The molecule has 25 heavy (non-hydrogen) atoms. The standard InChI is InChI=1S/C15H24F3N5O2/c1-2-5-23(10-15(16,17)18)14(24)11-4-3-6-22(8-11)9-12-20-13(7-19)25-21-12/h11H,2-10,19H2,1H3. The number of alkyl halides is 3. The molecular weight excluding hydrogens is 339 g/mol. The molecule has 1 fully saturated rings. The average Bonchev–Trinajstić information content (AvgIpc) is 3.00. The lowest BCUT2D eigenvalue weighted by atomic mass is 9.96. The summed E-state index contributed by atoms with van der Waals surface area (Å²) in [6.45, 7) is 2.35. The minimum Gasteiger partial charge on any atom is -0.338 e. The second-order valence-electron chi connectivity index (χ2n) is 6.26. The molecule has 142 valence electrons. The Kier molecular flexibility index (Phi) is 6.77. The van der Waals surface area contributed by atoms with Gasteiger partial charge in [0.1, 0.15) is 6.54 Å². The number of carbonyl (C=O) groups excluding carboxylic acids is 1. The number of hydrogen-bond acceptors (Lipinski definition) is 6. The lowest BCUT2D eigenvalue weighted by Crippen LogP contribution is -2.47. The van der Waals surface area contributed by atoms with Crippen molar-refractivity contribution in [3.8, 4) is 0 Å². The molecule has 1 saturated heterocycles. The fourth-order valence-corrected chi connectivity index (χ4v) is 3.05. The monoisotopic (exact) mass is 363 g/mol. The molecule has 10 heteroatoms. The van der Waals surface area contributed by atoms with Crippen molar-refractivity contribution < 1.29 is 22.5 Å². The first-order valence-electron chi connectivity index (χ1n) is 8.41.